The molecule has 0 aliphatic carbocycles. The maximum atomic E-state index is 15.0. The zero-order valence-electron chi connectivity index (χ0n) is 24.3. The number of nitrogens with zero attached hydrogens (tertiary/aromatic N) is 5. The number of imidazole rings is 1. The maximum Gasteiger partial charge on any atom is 0.267 e. The fraction of sp³-hybridized carbons (Fsp3) is 0.206. The summed E-state index contributed by atoms with van der Waals surface area (Å²) in [5.74, 6) is 0.909. The van der Waals surface area contributed by atoms with Gasteiger partial charge in [-0.3, -0.25) is 9.78 Å². The van der Waals surface area contributed by atoms with E-state index in [1.54, 1.807) is 29.8 Å². The lowest BCUT2D eigenvalue weighted by Crippen LogP contribution is -2.28. The second-order valence-electron chi connectivity index (χ2n) is 10.5. The average Bonchev–Trinajstić information content (AvgIpc) is 3.69. The molecule has 0 amide bonds. The van der Waals surface area contributed by atoms with Crippen molar-refractivity contribution in [1.82, 2.24) is 23.8 Å². The van der Waals surface area contributed by atoms with Crippen molar-refractivity contribution in [2.24, 2.45) is 0 Å². The Labute approximate surface area is 253 Å². The molecule has 218 valence electrons. The van der Waals surface area contributed by atoms with Crippen LogP contribution in [0.15, 0.2) is 94.5 Å². The maximum absolute atomic E-state index is 15.0. The Morgan fingerprint density at radius 2 is 1.79 bits per heavy atom. The van der Waals surface area contributed by atoms with Gasteiger partial charge < -0.3 is 14.2 Å². The van der Waals surface area contributed by atoms with E-state index in [9.17, 15) is 9.18 Å². The Bertz CT molecular complexity index is 1920. The molecule has 9 heteroatoms. The number of fused-ring (bicyclic) bond motifs is 1. The highest BCUT2D eigenvalue weighted by molar-refractivity contribution is 7.08. The lowest BCUT2D eigenvalue weighted by atomic mass is 10.1. The predicted octanol–water partition coefficient (Wildman–Crippen LogP) is 6.47. The van der Waals surface area contributed by atoms with Crippen molar-refractivity contribution in [2.75, 3.05) is 20.7 Å². The van der Waals surface area contributed by atoms with Crippen LogP contribution in [0.5, 0.6) is 5.75 Å². The van der Waals surface area contributed by atoms with Crippen molar-refractivity contribution in [1.29, 1.82) is 0 Å². The third kappa shape index (κ3) is 5.74. The molecule has 0 unspecified atom stereocenters. The molecule has 0 bridgehead atoms. The number of pyridine rings is 1. The lowest BCUT2D eigenvalue weighted by molar-refractivity contribution is 0.325. The number of hydrogen-bond acceptors (Lipinski definition) is 6. The molecule has 0 spiro atoms. The van der Waals surface area contributed by atoms with Crippen LogP contribution in [0.2, 0.25) is 0 Å². The van der Waals surface area contributed by atoms with Crippen LogP contribution in [-0.2, 0) is 19.5 Å². The molecule has 7 nitrogen and oxygen atoms in total. The molecule has 0 fully saturated rings. The molecule has 6 rings (SSSR count). The SMILES string of the molecule is COc1ccc(-c2nc3n(Cc4ccccc4F)c(C)c(-c4ccsc4)c(=O)n3c2CN(C)CCc2ccccn2)cc1. The zero-order valence-corrected chi connectivity index (χ0v) is 25.1. The monoisotopic (exact) mass is 593 g/mol. The van der Waals surface area contributed by atoms with E-state index >= 15 is 0 Å². The van der Waals surface area contributed by atoms with Crippen LogP contribution in [0.25, 0.3) is 28.2 Å². The fourth-order valence-electron chi connectivity index (χ4n) is 5.42. The molecule has 6 aromatic rings. The Hall–Kier alpha value is -4.60. The normalized spacial score (nSPS) is 11.5. The molecule has 0 aliphatic rings. The smallest absolute Gasteiger partial charge is 0.267 e. The first-order valence-electron chi connectivity index (χ1n) is 14.1. The summed E-state index contributed by atoms with van der Waals surface area (Å²) >= 11 is 1.54. The molecule has 43 heavy (non-hydrogen) atoms. The van der Waals surface area contributed by atoms with Gasteiger partial charge in [-0.1, -0.05) is 24.3 Å². The number of methoxy groups -OCH3 is 1. The molecule has 0 saturated heterocycles. The van der Waals surface area contributed by atoms with Crippen LogP contribution >= 0.6 is 11.3 Å². The highest BCUT2D eigenvalue weighted by Gasteiger charge is 2.25. The van der Waals surface area contributed by atoms with Crippen molar-refractivity contribution in [2.45, 2.75) is 26.4 Å². The highest BCUT2D eigenvalue weighted by Crippen LogP contribution is 2.30. The summed E-state index contributed by atoms with van der Waals surface area (Å²) in [4.78, 5) is 26.2. The minimum Gasteiger partial charge on any atom is -0.497 e. The summed E-state index contributed by atoms with van der Waals surface area (Å²) in [7, 11) is 3.66. The number of likely N-dealkylation sites (N-methyl/N-ethyl adjacent to an activating group) is 1. The second kappa shape index (κ2) is 12.3. The molecule has 0 aliphatic heterocycles. The van der Waals surface area contributed by atoms with Crippen LogP contribution in [-0.4, -0.2) is 44.5 Å². The summed E-state index contributed by atoms with van der Waals surface area (Å²) < 4.78 is 24.0. The third-order valence-electron chi connectivity index (χ3n) is 7.74. The van der Waals surface area contributed by atoms with Crippen LogP contribution in [0.4, 0.5) is 4.39 Å². The lowest BCUT2D eigenvalue weighted by Gasteiger charge is -2.19. The minimum absolute atomic E-state index is 0.143. The quantitative estimate of drug-likeness (QED) is 0.182. The predicted molar refractivity (Wildman–Crippen MR) is 169 cm³/mol. The molecule has 2 aromatic carbocycles. The average molecular weight is 594 g/mol. The van der Waals surface area contributed by atoms with Crippen LogP contribution in [0.1, 0.15) is 22.6 Å². The second-order valence-corrected chi connectivity index (χ2v) is 11.3. The Kier molecular flexibility index (Phi) is 8.18. The van der Waals surface area contributed by atoms with E-state index in [0.717, 1.165) is 46.9 Å². The van der Waals surface area contributed by atoms with Crippen molar-refractivity contribution in [3.63, 3.8) is 0 Å². The molecular weight excluding hydrogens is 561 g/mol. The van der Waals surface area contributed by atoms with Gasteiger partial charge in [0.1, 0.15) is 11.6 Å². The van der Waals surface area contributed by atoms with Crippen molar-refractivity contribution >= 4 is 17.1 Å². The van der Waals surface area contributed by atoms with Crippen molar-refractivity contribution < 1.29 is 9.13 Å². The van der Waals surface area contributed by atoms with Crippen molar-refractivity contribution in [3.05, 3.63) is 129 Å². The first-order chi connectivity index (χ1) is 20.9. The van der Waals surface area contributed by atoms with E-state index in [-0.39, 0.29) is 17.9 Å². The summed E-state index contributed by atoms with van der Waals surface area (Å²) in [6.45, 7) is 3.35. The van der Waals surface area contributed by atoms with Crippen LogP contribution in [0, 0.1) is 12.7 Å². The van der Waals surface area contributed by atoms with E-state index in [0.29, 0.717) is 29.1 Å². The van der Waals surface area contributed by atoms with E-state index in [1.165, 1.54) is 17.4 Å². The first-order valence-corrected chi connectivity index (χ1v) is 15.0. The van der Waals surface area contributed by atoms with E-state index in [4.69, 9.17) is 9.72 Å². The van der Waals surface area contributed by atoms with Gasteiger partial charge in [-0.15, -0.1) is 0 Å². The van der Waals surface area contributed by atoms with Gasteiger partial charge in [0.05, 0.1) is 30.6 Å². The number of benzene rings is 2. The van der Waals surface area contributed by atoms with E-state index in [2.05, 4.69) is 9.88 Å². The molecule has 0 atom stereocenters. The molecule has 0 saturated carbocycles. The molecule has 0 radical (unpaired) electrons. The first kappa shape index (κ1) is 28.5. The van der Waals surface area contributed by atoms with Gasteiger partial charge in [-0.2, -0.15) is 11.3 Å². The third-order valence-corrected chi connectivity index (χ3v) is 8.42. The van der Waals surface area contributed by atoms with Gasteiger partial charge in [0.15, 0.2) is 0 Å². The number of ether oxygens (including phenoxy) is 1. The number of thiophene rings is 1. The number of rotatable bonds is 10. The Morgan fingerprint density at radius 3 is 2.49 bits per heavy atom. The van der Waals surface area contributed by atoms with Gasteiger partial charge in [0, 0.05) is 48.2 Å². The van der Waals surface area contributed by atoms with Gasteiger partial charge in [0.2, 0.25) is 5.78 Å². The molecular formula is C34H32FN5O2S. The molecule has 4 heterocycles. The zero-order chi connectivity index (χ0) is 29.9. The summed E-state index contributed by atoms with van der Waals surface area (Å²) in [6, 6.07) is 22.3. The van der Waals surface area contributed by atoms with Gasteiger partial charge in [-0.05, 0) is 78.8 Å². The number of hydrogen-bond donors (Lipinski definition) is 0. The summed E-state index contributed by atoms with van der Waals surface area (Å²) in [5, 5.41) is 3.94. The van der Waals surface area contributed by atoms with Gasteiger partial charge in [0.25, 0.3) is 5.56 Å². The van der Waals surface area contributed by atoms with Crippen molar-refractivity contribution in [3.8, 4) is 28.1 Å². The van der Waals surface area contributed by atoms with Crippen LogP contribution in [0.3, 0.4) is 0 Å². The van der Waals surface area contributed by atoms with Gasteiger partial charge >= 0.3 is 0 Å². The molecule has 0 N–H and O–H groups in total. The molecule has 4 aromatic heterocycles. The Morgan fingerprint density at radius 1 is 1.00 bits per heavy atom. The minimum atomic E-state index is -0.299. The fourth-order valence-corrected chi connectivity index (χ4v) is 6.07. The van der Waals surface area contributed by atoms with Crippen LogP contribution < -0.4 is 10.3 Å². The highest BCUT2D eigenvalue weighted by atomic mass is 32.1. The topological polar surface area (TPSA) is 64.7 Å². The van der Waals surface area contributed by atoms with E-state index < -0.39 is 0 Å². The number of aromatic nitrogens is 4. The largest absolute Gasteiger partial charge is 0.497 e. The standard InChI is InChI=1S/C34H32FN5O2S/c1-23-31(26-16-19-43-22-26)33(41)40-30(21-38(2)18-15-27-9-6-7-17-36-27)32(24-11-13-28(42-3)14-12-24)37-34(40)39(23)20-25-8-4-5-10-29(25)35/h4-14,16-17,19,22H,15,18,20-21H2,1-3H3. The number of halogens is 1. The summed E-state index contributed by atoms with van der Waals surface area (Å²) in [5.41, 5.74) is 5.88. The summed E-state index contributed by atoms with van der Waals surface area (Å²) in [6.07, 6.45) is 2.57. The van der Waals surface area contributed by atoms with E-state index in [1.807, 2.05) is 83.9 Å². The Balaban J connectivity index is 1.56. The van der Waals surface area contributed by atoms with Gasteiger partial charge in [-0.25, -0.2) is 13.8 Å².